The van der Waals surface area contributed by atoms with Crippen molar-refractivity contribution in [2.24, 2.45) is 0 Å². The molecule has 0 radical (unpaired) electrons. The van der Waals surface area contributed by atoms with Crippen LogP contribution >= 0.6 is 7.82 Å². The Bertz CT molecular complexity index is 891. The maximum Gasteiger partial charge on any atom is 0.268 e. The summed E-state index contributed by atoms with van der Waals surface area (Å²) >= 11 is 0. The minimum Gasteiger partial charge on any atom is -0.756 e. The zero-order valence-corrected chi connectivity index (χ0v) is 35.0. The lowest BCUT2D eigenvalue weighted by atomic mass is 10.0. The van der Waals surface area contributed by atoms with Crippen molar-refractivity contribution in [1.82, 2.24) is 5.32 Å². The van der Waals surface area contributed by atoms with Crippen molar-refractivity contribution in [3.05, 3.63) is 24.3 Å². The van der Waals surface area contributed by atoms with E-state index in [1.165, 1.54) is 128 Å². The number of carbonyl (C=O) groups is 1. The maximum absolute atomic E-state index is 12.8. The molecule has 0 aromatic carbocycles. The van der Waals surface area contributed by atoms with Crippen LogP contribution in [-0.4, -0.2) is 68.5 Å². The largest absolute Gasteiger partial charge is 0.756 e. The number of hydrogen-bond donors (Lipinski definition) is 2. The first-order chi connectivity index (χ1) is 24.5. The van der Waals surface area contributed by atoms with Crippen LogP contribution in [0.4, 0.5) is 0 Å². The molecule has 2 N–H and O–H groups in total. The molecule has 0 saturated heterocycles. The van der Waals surface area contributed by atoms with E-state index in [2.05, 4.69) is 31.3 Å². The van der Waals surface area contributed by atoms with Gasteiger partial charge in [0.05, 0.1) is 39.9 Å². The molecule has 0 aliphatic carbocycles. The quantitative estimate of drug-likeness (QED) is 0.0282. The number of phosphoric ester groups is 1. The van der Waals surface area contributed by atoms with Gasteiger partial charge in [0.1, 0.15) is 13.2 Å². The summed E-state index contributed by atoms with van der Waals surface area (Å²) < 4.78 is 23.1. The standard InChI is InChI=1S/C42H83N2O6P/c1-6-8-10-12-14-16-18-19-20-21-22-23-24-26-28-30-32-34-36-42(46)43-40(39-50-51(47,48)49-38-37-44(3,4)5)41(45)35-33-31-29-27-25-17-15-13-11-9-7-2/h25,27,33,35,40-41,45H,6-24,26,28-32,34,36-39H2,1-5H3,(H-,43,46,47,48)/b27-25+,35-33+/t40-,41+/m0/s1. The Hall–Kier alpha value is -1.02. The SMILES string of the molecule is CCCCCCC/C=C/CC/C=C/[C@@H](O)[C@H](COP(=O)([O-])OCC[N+](C)(C)C)NC(=O)CCCCCCCCCCCCCCCCCCCC. The van der Waals surface area contributed by atoms with E-state index in [0.717, 1.165) is 38.5 Å². The Kier molecular flexibility index (Phi) is 34.0. The van der Waals surface area contributed by atoms with Gasteiger partial charge in [-0.3, -0.25) is 9.36 Å². The third kappa shape index (κ3) is 37.1. The predicted molar refractivity (Wildman–Crippen MR) is 215 cm³/mol. The van der Waals surface area contributed by atoms with E-state index in [1.54, 1.807) is 6.08 Å². The number of unbranched alkanes of at least 4 members (excludes halogenated alkanes) is 23. The molecule has 3 atom stereocenters. The van der Waals surface area contributed by atoms with Crippen LogP contribution in [0.3, 0.4) is 0 Å². The van der Waals surface area contributed by atoms with Crippen LogP contribution in [0.25, 0.3) is 0 Å². The van der Waals surface area contributed by atoms with Crippen molar-refractivity contribution in [2.75, 3.05) is 40.9 Å². The fourth-order valence-corrected chi connectivity index (χ4v) is 6.71. The van der Waals surface area contributed by atoms with Crippen molar-refractivity contribution >= 4 is 13.7 Å². The molecule has 9 heteroatoms. The van der Waals surface area contributed by atoms with Gasteiger partial charge in [-0.05, 0) is 32.1 Å². The molecule has 0 fully saturated rings. The first kappa shape index (κ1) is 50.0. The van der Waals surface area contributed by atoms with Gasteiger partial charge in [0.25, 0.3) is 7.82 Å². The monoisotopic (exact) mass is 743 g/mol. The molecular weight excluding hydrogens is 659 g/mol. The van der Waals surface area contributed by atoms with Crippen LogP contribution in [0.15, 0.2) is 24.3 Å². The average molecular weight is 743 g/mol. The fraction of sp³-hybridized carbons (Fsp3) is 0.881. The summed E-state index contributed by atoms with van der Waals surface area (Å²) in [7, 11) is 1.25. The molecule has 0 aromatic rings. The molecule has 1 amide bonds. The number of amides is 1. The van der Waals surface area contributed by atoms with E-state index in [1.807, 2.05) is 27.2 Å². The molecule has 0 bridgehead atoms. The lowest BCUT2D eigenvalue weighted by molar-refractivity contribution is -0.870. The van der Waals surface area contributed by atoms with Gasteiger partial charge >= 0.3 is 0 Å². The summed E-state index contributed by atoms with van der Waals surface area (Å²) in [5, 5.41) is 13.7. The molecule has 8 nitrogen and oxygen atoms in total. The third-order valence-electron chi connectivity index (χ3n) is 9.41. The first-order valence-corrected chi connectivity index (χ1v) is 22.7. The third-order valence-corrected chi connectivity index (χ3v) is 10.4. The Labute approximate surface area is 315 Å². The van der Waals surface area contributed by atoms with Crippen LogP contribution in [0.2, 0.25) is 0 Å². The molecule has 0 aromatic heterocycles. The predicted octanol–water partition coefficient (Wildman–Crippen LogP) is 10.7. The average Bonchev–Trinajstić information content (AvgIpc) is 3.07. The van der Waals surface area contributed by atoms with Crippen LogP contribution in [0, 0.1) is 0 Å². The molecule has 0 spiro atoms. The Morgan fingerprint density at radius 2 is 1.10 bits per heavy atom. The van der Waals surface area contributed by atoms with E-state index in [0.29, 0.717) is 17.4 Å². The number of aliphatic hydroxyl groups is 1. The molecule has 51 heavy (non-hydrogen) atoms. The maximum atomic E-state index is 12.8. The number of quaternary nitrogens is 1. The van der Waals surface area contributed by atoms with Crippen LogP contribution in [0.1, 0.15) is 187 Å². The van der Waals surface area contributed by atoms with Gasteiger partial charge in [-0.25, -0.2) is 0 Å². The number of phosphoric acid groups is 1. The van der Waals surface area contributed by atoms with Crippen molar-refractivity contribution in [2.45, 2.75) is 199 Å². The number of aliphatic hydroxyl groups excluding tert-OH is 1. The van der Waals surface area contributed by atoms with E-state index in [-0.39, 0.29) is 19.1 Å². The first-order valence-electron chi connectivity index (χ1n) is 21.2. The highest BCUT2D eigenvalue weighted by molar-refractivity contribution is 7.45. The summed E-state index contributed by atoms with van der Waals surface area (Å²) in [6.07, 6.45) is 39.4. The number of carbonyl (C=O) groups excluding carboxylic acids is 1. The van der Waals surface area contributed by atoms with Crippen molar-refractivity contribution < 1.29 is 32.9 Å². The second kappa shape index (κ2) is 34.7. The highest BCUT2D eigenvalue weighted by atomic mass is 31.2. The van der Waals surface area contributed by atoms with E-state index in [9.17, 15) is 19.4 Å². The van der Waals surface area contributed by atoms with E-state index < -0.39 is 20.0 Å². The normalized spacial score (nSPS) is 14.7. The molecular formula is C42H83N2O6P. The lowest BCUT2D eigenvalue weighted by Gasteiger charge is -2.29. The van der Waals surface area contributed by atoms with Gasteiger partial charge in [-0.2, -0.15) is 0 Å². The van der Waals surface area contributed by atoms with E-state index >= 15 is 0 Å². The highest BCUT2D eigenvalue weighted by Gasteiger charge is 2.23. The number of likely N-dealkylation sites (N-methyl/N-ethyl adjacent to an activating group) is 1. The highest BCUT2D eigenvalue weighted by Crippen LogP contribution is 2.38. The van der Waals surface area contributed by atoms with Crippen LogP contribution in [-0.2, 0) is 18.4 Å². The van der Waals surface area contributed by atoms with Crippen molar-refractivity contribution in [3.63, 3.8) is 0 Å². The Morgan fingerprint density at radius 1 is 0.667 bits per heavy atom. The second-order valence-electron chi connectivity index (χ2n) is 15.7. The topological polar surface area (TPSA) is 108 Å². The Balaban J connectivity index is 4.39. The number of nitrogens with zero attached hydrogens (tertiary/aromatic N) is 1. The van der Waals surface area contributed by atoms with Gasteiger partial charge in [0.2, 0.25) is 5.91 Å². The molecule has 0 saturated carbocycles. The Morgan fingerprint density at radius 3 is 1.59 bits per heavy atom. The summed E-state index contributed by atoms with van der Waals surface area (Å²) in [5.41, 5.74) is 0. The number of rotatable bonds is 38. The summed E-state index contributed by atoms with van der Waals surface area (Å²) in [6.45, 7) is 4.60. The van der Waals surface area contributed by atoms with Crippen LogP contribution in [0.5, 0.6) is 0 Å². The van der Waals surface area contributed by atoms with Crippen molar-refractivity contribution in [1.29, 1.82) is 0 Å². The van der Waals surface area contributed by atoms with Gasteiger partial charge < -0.3 is 28.8 Å². The number of nitrogens with one attached hydrogen (secondary N) is 1. The minimum atomic E-state index is -4.58. The second-order valence-corrected chi connectivity index (χ2v) is 17.1. The van der Waals surface area contributed by atoms with Crippen LogP contribution < -0.4 is 10.2 Å². The smallest absolute Gasteiger partial charge is 0.268 e. The van der Waals surface area contributed by atoms with E-state index in [4.69, 9.17) is 9.05 Å². The zero-order valence-electron chi connectivity index (χ0n) is 34.1. The molecule has 1 unspecified atom stereocenters. The fourth-order valence-electron chi connectivity index (χ4n) is 5.99. The molecule has 0 aliphatic heterocycles. The summed E-state index contributed by atoms with van der Waals surface area (Å²) in [6, 6.07) is -0.896. The minimum absolute atomic E-state index is 0.00459. The lowest BCUT2D eigenvalue weighted by Crippen LogP contribution is -2.45. The summed E-state index contributed by atoms with van der Waals surface area (Å²) in [5.74, 6) is -0.207. The number of allylic oxidation sites excluding steroid dienone is 3. The van der Waals surface area contributed by atoms with Crippen molar-refractivity contribution in [3.8, 4) is 0 Å². The molecule has 0 aliphatic rings. The zero-order chi connectivity index (χ0) is 37.9. The molecule has 0 heterocycles. The van der Waals surface area contributed by atoms with Gasteiger partial charge in [0.15, 0.2) is 0 Å². The van der Waals surface area contributed by atoms with Gasteiger partial charge in [-0.1, -0.05) is 173 Å². The number of hydrogen-bond acceptors (Lipinski definition) is 6. The van der Waals surface area contributed by atoms with Gasteiger partial charge in [0, 0.05) is 6.42 Å². The summed E-state index contributed by atoms with van der Waals surface area (Å²) in [4.78, 5) is 25.2. The van der Waals surface area contributed by atoms with Gasteiger partial charge in [-0.15, -0.1) is 0 Å². The molecule has 0 rings (SSSR count). The molecule has 302 valence electrons.